The molecule has 1 amide bonds. The van der Waals surface area contributed by atoms with Gasteiger partial charge >= 0.3 is 5.97 Å². The van der Waals surface area contributed by atoms with E-state index in [1.54, 1.807) is 38.2 Å². The van der Waals surface area contributed by atoms with Crippen molar-refractivity contribution >= 4 is 17.6 Å². The van der Waals surface area contributed by atoms with E-state index < -0.39 is 23.5 Å². The number of carbonyl (C=O) groups is 2. The summed E-state index contributed by atoms with van der Waals surface area (Å²) in [6, 6.07) is 8.12. The monoisotopic (exact) mass is 443 g/mol. The minimum atomic E-state index is -0.894. The third kappa shape index (κ3) is 5.00. The SMILES string of the molecule is COCCOC(=O)c1c(C)[nH]c(C(=O)N(Cc2ccccn2)c2ccc(F)cc2F)c1C. The van der Waals surface area contributed by atoms with Gasteiger partial charge in [0.05, 0.1) is 30.1 Å². The predicted molar refractivity (Wildman–Crippen MR) is 114 cm³/mol. The van der Waals surface area contributed by atoms with Crippen molar-refractivity contribution in [2.24, 2.45) is 0 Å². The van der Waals surface area contributed by atoms with Crippen LogP contribution in [0.15, 0.2) is 42.6 Å². The summed E-state index contributed by atoms with van der Waals surface area (Å²) in [7, 11) is 1.49. The molecule has 0 unspecified atom stereocenters. The Morgan fingerprint density at radius 3 is 2.56 bits per heavy atom. The van der Waals surface area contributed by atoms with Gasteiger partial charge in [-0.3, -0.25) is 14.7 Å². The molecule has 0 spiro atoms. The quantitative estimate of drug-likeness (QED) is 0.421. The maximum Gasteiger partial charge on any atom is 0.340 e. The largest absolute Gasteiger partial charge is 0.460 e. The van der Waals surface area contributed by atoms with Crippen LogP contribution in [0.2, 0.25) is 0 Å². The van der Waals surface area contributed by atoms with Gasteiger partial charge in [0.15, 0.2) is 0 Å². The van der Waals surface area contributed by atoms with Gasteiger partial charge in [0.25, 0.3) is 5.91 Å². The number of benzene rings is 1. The Hall–Kier alpha value is -3.59. The highest BCUT2D eigenvalue weighted by Crippen LogP contribution is 2.27. The molecule has 168 valence electrons. The Balaban J connectivity index is 1.99. The molecule has 32 heavy (non-hydrogen) atoms. The van der Waals surface area contributed by atoms with Crippen LogP contribution in [0.4, 0.5) is 14.5 Å². The minimum Gasteiger partial charge on any atom is -0.460 e. The summed E-state index contributed by atoms with van der Waals surface area (Å²) in [5.74, 6) is -2.85. The second kappa shape index (κ2) is 10.1. The van der Waals surface area contributed by atoms with E-state index in [1.807, 2.05) is 0 Å². The molecule has 0 radical (unpaired) electrons. The second-order valence-corrected chi connectivity index (χ2v) is 7.06. The van der Waals surface area contributed by atoms with E-state index in [2.05, 4.69) is 9.97 Å². The lowest BCUT2D eigenvalue weighted by molar-refractivity contribution is 0.0386. The summed E-state index contributed by atoms with van der Waals surface area (Å²) in [4.78, 5) is 34.2. The van der Waals surface area contributed by atoms with Crippen LogP contribution in [0.5, 0.6) is 0 Å². The number of amides is 1. The number of esters is 1. The number of carbonyl (C=O) groups excluding carboxylic acids is 2. The summed E-state index contributed by atoms with van der Waals surface area (Å²) in [6.45, 7) is 3.48. The highest BCUT2D eigenvalue weighted by Gasteiger charge is 2.28. The van der Waals surface area contributed by atoms with E-state index in [0.29, 0.717) is 23.0 Å². The lowest BCUT2D eigenvalue weighted by atomic mass is 10.1. The van der Waals surface area contributed by atoms with Gasteiger partial charge in [0, 0.05) is 25.1 Å². The maximum absolute atomic E-state index is 14.6. The first-order valence-corrected chi connectivity index (χ1v) is 9.85. The minimum absolute atomic E-state index is 0.0622. The molecule has 0 fully saturated rings. The highest BCUT2D eigenvalue weighted by atomic mass is 19.1. The molecule has 3 rings (SSSR count). The first-order chi connectivity index (χ1) is 15.3. The molecule has 0 aliphatic heterocycles. The van der Waals surface area contributed by atoms with Crippen molar-refractivity contribution in [2.75, 3.05) is 25.2 Å². The third-order valence-corrected chi connectivity index (χ3v) is 4.87. The van der Waals surface area contributed by atoms with Gasteiger partial charge in [-0.05, 0) is 43.7 Å². The van der Waals surface area contributed by atoms with Crippen molar-refractivity contribution in [3.8, 4) is 0 Å². The molecule has 7 nitrogen and oxygen atoms in total. The van der Waals surface area contributed by atoms with Crippen molar-refractivity contribution < 1.29 is 27.8 Å². The van der Waals surface area contributed by atoms with Crippen molar-refractivity contribution in [3.63, 3.8) is 0 Å². The molecule has 9 heteroatoms. The summed E-state index contributed by atoms with van der Waals surface area (Å²) < 4.78 is 38.1. The molecular weight excluding hydrogens is 420 g/mol. The Kier molecular flexibility index (Phi) is 7.32. The molecule has 1 aromatic carbocycles. The normalized spacial score (nSPS) is 10.8. The Morgan fingerprint density at radius 1 is 1.12 bits per heavy atom. The highest BCUT2D eigenvalue weighted by molar-refractivity contribution is 6.08. The number of rotatable bonds is 8. The predicted octanol–water partition coefficient (Wildman–Crippen LogP) is 3.95. The molecule has 0 aliphatic carbocycles. The number of aryl methyl sites for hydroxylation is 1. The number of H-pyrrole nitrogens is 1. The van der Waals surface area contributed by atoms with Crippen molar-refractivity contribution in [3.05, 3.63) is 82.4 Å². The molecule has 1 N–H and O–H groups in total. The smallest absolute Gasteiger partial charge is 0.340 e. The first kappa shape index (κ1) is 23.1. The fourth-order valence-corrected chi connectivity index (χ4v) is 3.32. The Morgan fingerprint density at radius 2 is 1.91 bits per heavy atom. The first-order valence-electron chi connectivity index (χ1n) is 9.85. The number of hydrogen-bond donors (Lipinski definition) is 1. The lowest BCUT2D eigenvalue weighted by Gasteiger charge is -2.23. The number of nitrogens with zero attached hydrogens (tertiary/aromatic N) is 2. The third-order valence-electron chi connectivity index (χ3n) is 4.87. The fraction of sp³-hybridized carbons (Fsp3) is 0.261. The fourth-order valence-electron chi connectivity index (χ4n) is 3.32. The van der Waals surface area contributed by atoms with E-state index in [0.717, 1.165) is 11.0 Å². The van der Waals surface area contributed by atoms with Gasteiger partial charge in [-0.2, -0.15) is 0 Å². The van der Waals surface area contributed by atoms with Gasteiger partial charge < -0.3 is 14.5 Å². The van der Waals surface area contributed by atoms with Crippen molar-refractivity contribution in [1.82, 2.24) is 9.97 Å². The number of aromatic nitrogens is 2. The van der Waals surface area contributed by atoms with Crippen LogP contribution in [-0.2, 0) is 16.0 Å². The maximum atomic E-state index is 14.6. The van der Waals surface area contributed by atoms with Crippen LogP contribution in [-0.4, -0.2) is 42.2 Å². The second-order valence-electron chi connectivity index (χ2n) is 7.06. The zero-order valence-electron chi connectivity index (χ0n) is 17.9. The van der Waals surface area contributed by atoms with Crippen LogP contribution in [0.25, 0.3) is 0 Å². The lowest BCUT2D eigenvalue weighted by Crippen LogP contribution is -2.32. The van der Waals surface area contributed by atoms with Gasteiger partial charge in [-0.15, -0.1) is 0 Å². The Labute approximate surface area is 184 Å². The van der Waals surface area contributed by atoms with E-state index in [9.17, 15) is 18.4 Å². The number of methoxy groups -OCH3 is 1. The molecule has 3 aromatic rings. The number of hydrogen-bond acceptors (Lipinski definition) is 5. The van der Waals surface area contributed by atoms with Gasteiger partial charge in [0.2, 0.25) is 0 Å². The number of aromatic amines is 1. The molecule has 0 atom stereocenters. The van der Waals surface area contributed by atoms with E-state index in [4.69, 9.17) is 9.47 Å². The van der Waals surface area contributed by atoms with Crippen LogP contribution >= 0.6 is 0 Å². The summed E-state index contributed by atoms with van der Waals surface area (Å²) >= 11 is 0. The number of anilines is 1. The Bertz CT molecular complexity index is 1120. The average molecular weight is 443 g/mol. The topological polar surface area (TPSA) is 84.5 Å². The van der Waals surface area contributed by atoms with Crippen LogP contribution in [0.1, 0.15) is 37.8 Å². The number of nitrogens with one attached hydrogen (secondary N) is 1. The molecule has 2 aromatic heterocycles. The molecule has 0 aliphatic rings. The van der Waals surface area contributed by atoms with Crippen molar-refractivity contribution in [1.29, 1.82) is 0 Å². The zero-order valence-corrected chi connectivity index (χ0v) is 17.9. The average Bonchev–Trinajstić information content (AvgIpc) is 3.07. The van der Waals surface area contributed by atoms with Gasteiger partial charge in [-0.1, -0.05) is 6.07 Å². The van der Waals surface area contributed by atoms with E-state index in [-0.39, 0.29) is 36.7 Å². The molecular formula is C23H23F2N3O4. The summed E-state index contributed by atoms with van der Waals surface area (Å²) in [6.07, 6.45) is 1.55. The number of ether oxygens (including phenoxy) is 2. The number of halogens is 2. The molecule has 0 saturated carbocycles. The molecule has 0 bridgehead atoms. The van der Waals surface area contributed by atoms with Crippen LogP contribution in [0.3, 0.4) is 0 Å². The van der Waals surface area contributed by atoms with Crippen molar-refractivity contribution in [2.45, 2.75) is 20.4 Å². The molecule has 2 heterocycles. The van der Waals surface area contributed by atoms with Gasteiger partial charge in [-0.25, -0.2) is 13.6 Å². The zero-order chi connectivity index (χ0) is 23.3. The summed E-state index contributed by atoms with van der Waals surface area (Å²) in [5, 5.41) is 0. The van der Waals surface area contributed by atoms with Crippen LogP contribution in [0, 0.1) is 25.5 Å². The van der Waals surface area contributed by atoms with Gasteiger partial charge in [0.1, 0.15) is 23.9 Å². The standard InChI is InChI=1S/C23H23F2N3O4/c1-14-20(23(30)32-11-10-31-3)15(2)27-21(14)22(29)28(13-17-6-4-5-9-26-17)19-8-7-16(24)12-18(19)25/h4-9,12,27H,10-11,13H2,1-3H3. The molecule has 0 saturated heterocycles. The van der Waals surface area contributed by atoms with E-state index in [1.165, 1.54) is 13.2 Å². The van der Waals surface area contributed by atoms with E-state index >= 15 is 0 Å². The van der Waals surface area contributed by atoms with Crippen LogP contribution < -0.4 is 4.90 Å². The summed E-state index contributed by atoms with van der Waals surface area (Å²) in [5.41, 5.74) is 1.51. The number of pyridine rings is 1.